The van der Waals surface area contributed by atoms with Crippen molar-refractivity contribution in [2.24, 2.45) is 5.92 Å². The van der Waals surface area contributed by atoms with E-state index in [4.69, 9.17) is 5.11 Å². The third kappa shape index (κ3) is 5.45. The van der Waals surface area contributed by atoms with E-state index in [0.29, 0.717) is 18.4 Å². The van der Waals surface area contributed by atoms with Gasteiger partial charge >= 0.3 is 0 Å². The number of likely N-dealkylation sites (tertiary alicyclic amines) is 1. The van der Waals surface area contributed by atoms with E-state index in [-0.39, 0.29) is 25.0 Å². The zero-order valence-corrected chi connectivity index (χ0v) is 18.9. The first kappa shape index (κ1) is 22.2. The van der Waals surface area contributed by atoms with Crippen LogP contribution in [0.4, 0.5) is 0 Å². The number of nitrogens with zero attached hydrogens (tertiary/aromatic N) is 1. The minimum absolute atomic E-state index is 0.0550. The molecule has 3 N–H and O–H groups in total. The molecule has 1 aromatic heterocycles. The molecule has 1 saturated heterocycles. The predicted octanol–water partition coefficient (Wildman–Crippen LogP) is 3.11. The molecule has 2 amide bonds. The van der Waals surface area contributed by atoms with Gasteiger partial charge in [-0.2, -0.15) is 0 Å². The smallest absolute Gasteiger partial charge is 0.261 e. The van der Waals surface area contributed by atoms with Crippen LogP contribution in [0.3, 0.4) is 0 Å². The molecule has 2 aliphatic rings. The van der Waals surface area contributed by atoms with E-state index in [1.807, 2.05) is 12.1 Å². The van der Waals surface area contributed by atoms with Crippen molar-refractivity contribution >= 4 is 33.2 Å². The number of aliphatic hydroxyl groups excluding tert-OH is 1. The van der Waals surface area contributed by atoms with E-state index < -0.39 is 0 Å². The van der Waals surface area contributed by atoms with Crippen molar-refractivity contribution < 1.29 is 14.7 Å². The average molecular weight is 444 g/mol. The summed E-state index contributed by atoms with van der Waals surface area (Å²) in [6.45, 7) is 3.59. The number of carbonyl (C=O) groups excluding carboxylic acids is 2. The number of fused-ring (bicyclic) bond motifs is 1. The number of carbonyl (C=O) groups is 2. The standard InChI is InChI=1S/C24H33N3O3S/c28-14-11-25-24(30)23-22(19-5-1-2-6-20(19)31-23)18-9-7-17(8-10-18)15-26-21(29)16-27-12-3-4-13-27/h1-2,5-6,17-18,28H,3-4,7-16H2,(H,25,30)(H,26,29). The number of benzene rings is 1. The maximum atomic E-state index is 12.8. The summed E-state index contributed by atoms with van der Waals surface area (Å²) >= 11 is 1.55. The van der Waals surface area contributed by atoms with Crippen LogP contribution in [0, 0.1) is 5.92 Å². The quantitative estimate of drug-likeness (QED) is 0.586. The maximum absolute atomic E-state index is 12.8. The van der Waals surface area contributed by atoms with Crippen LogP contribution in [0.15, 0.2) is 24.3 Å². The Kier molecular flexibility index (Phi) is 7.58. The second-order valence-corrected chi connectivity index (χ2v) is 9.88. The molecule has 168 valence electrons. The van der Waals surface area contributed by atoms with Crippen LogP contribution < -0.4 is 10.6 Å². The molecule has 0 unspecified atom stereocenters. The molecule has 1 aliphatic carbocycles. The Bertz CT molecular complexity index is 899. The van der Waals surface area contributed by atoms with Gasteiger partial charge in [0, 0.05) is 17.8 Å². The van der Waals surface area contributed by atoms with E-state index in [9.17, 15) is 9.59 Å². The van der Waals surface area contributed by atoms with Crippen LogP contribution in [0.1, 0.15) is 59.7 Å². The van der Waals surface area contributed by atoms with Gasteiger partial charge < -0.3 is 15.7 Å². The highest BCUT2D eigenvalue weighted by atomic mass is 32.1. The van der Waals surface area contributed by atoms with Crippen molar-refractivity contribution in [2.45, 2.75) is 44.4 Å². The Morgan fingerprint density at radius 1 is 1.06 bits per heavy atom. The summed E-state index contributed by atoms with van der Waals surface area (Å²) in [5.74, 6) is 0.940. The van der Waals surface area contributed by atoms with Gasteiger partial charge in [-0.25, -0.2) is 0 Å². The highest BCUT2D eigenvalue weighted by Crippen LogP contribution is 2.43. The number of hydrogen-bond acceptors (Lipinski definition) is 5. The first-order valence-electron chi connectivity index (χ1n) is 11.5. The molecule has 1 aromatic carbocycles. The zero-order chi connectivity index (χ0) is 21.6. The predicted molar refractivity (Wildman–Crippen MR) is 125 cm³/mol. The molecule has 0 bridgehead atoms. The van der Waals surface area contributed by atoms with Gasteiger partial charge in [-0.1, -0.05) is 18.2 Å². The molecule has 4 rings (SSSR count). The van der Waals surface area contributed by atoms with Crippen molar-refractivity contribution in [2.75, 3.05) is 39.3 Å². The van der Waals surface area contributed by atoms with Crippen LogP contribution in [-0.4, -0.2) is 61.2 Å². The Hall–Kier alpha value is -1.96. The Morgan fingerprint density at radius 2 is 1.81 bits per heavy atom. The first-order chi connectivity index (χ1) is 15.2. The van der Waals surface area contributed by atoms with Gasteiger partial charge in [0.15, 0.2) is 0 Å². The molecular formula is C24H33N3O3S. The van der Waals surface area contributed by atoms with E-state index in [0.717, 1.165) is 54.9 Å². The molecule has 2 fully saturated rings. The number of rotatable bonds is 8. The van der Waals surface area contributed by atoms with Crippen molar-refractivity contribution in [3.05, 3.63) is 34.7 Å². The molecule has 0 atom stereocenters. The normalized spacial score (nSPS) is 22.0. The van der Waals surface area contributed by atoms with Gasteiger partial charge in [-0.15, -0.1) is 11.3 Å². The Labute approximate surface area is 188 Å². The van der Waals surface area contributed by atoms with Crippen LogP contribution >= 0.6 is 11.3 Å². The fourth-order valence-corrected chi connectivity index (χ4v) is 6.21. The van der Waals surface area contributed by atoms with Gasteiger partial charge in [-0.05, 0) is 80.5 Å². The molecule has 1 saturated carbocycles. The van der Waals surface area contributed by atoms with Crippen molar-refractivity contribution in [3.63, 3.8) is 0 Å². The molecule has 0 radical (unpaired) electrons. The molecule has 6 nitrogen and oxygen atoms in total. The average Bonchev–Trinajstić information content (AvgIpc) is 3.44. The summed E-state index contributed by atoms with van der Waals surface area (Å²) in [6.07, 6.45) is 6.61. The van der Waals surface area contributed by atoms with Gasteiger partial charge in [-0.3, -0.25) is 14.5 Å². The molecule has 7 heteroatoms. The summed E-state index contributed by atoms with van der Waals surface area (Å²) in [5, 5.41) is 16.2. The highest BCUT2D eigenvalue weighted by Gasteiger charge is 2.29. The molecule has 2 aromatic rings. The fraction of sp³-hybridized carbons (Fsp3) is 0.583. The summed E-state index contributed by atoms with van der Waals surface area (Å²) in [5.41, 5.74) is 1.17. The highest BCUT2D eigenvalue weighted by molar-refractivity contribution is 7.21. The summed E-state index contributed by atoms with van der Waals surface area (Å²) in [7, 11) is 0. The van der Waals surface area contributed by atoms with Crippen LogP contribution in [0.25, 0.3) is 10.1 Å². The number of amides is 2. The molecular weight excluding hydrogens is 410 g/mol. The first-order valence-corrected chi connectivity index (χ1v) is 12.4. The topological polar surface area (TPSA) is 81.7 Å². The van der Waals surface area contributed by atoms with E-state index >= 15 is 0 Å². The SMILES string of the molecule is O=C(CN1CCCC1)NCC1CCC(c2c(C(=O)NCCO)sc3ccccc23)CC1. The molecule has 1 aliphatic heterocycles. The molecule has 31 heavy (non-hydrogen) atoms. The number of aliphatic hydroxyl groups is 1. The second kappa shape index (κ2) is 10.6. The third-order valence-electron chi connectivity index (χ3n) is 6.65. The monoisotopic (exact) mass is 443 g/mol. The molecule has 0 spiro atoms. The Morgan fingerprint density at radius 3 is 2.55 bits per heavy atom. The summed E-state index contributed by atoms with van der Waals surface area (Å²) in [4.78, 5) is 28.0. The zero-order valence-electron chi connectivity index (χ0n) is 18.1. The van der Waals surface area contributed by atoms with E-state index in [1.165, 1.54) is 23.8 Å². The van der Waals surface area contributed by atoms with E-state index in [2.05, 4.69) is 27.7 Å². The van der Waals surface area contributed by atoms with Gasteiger partial charge in [0.1, 0.15) is 0 Å². The number of hydrogen-bond donors (Lipinski definition) is 3. The van der Waals surface area contributed by atoms with Crippen molar-refractivity contribution in [1.82, 2.24) is 15.5 Å². The lowest BCUT2D eigenvalue weighted by molar-refractivity contribution is -0.122. The number of nitrogens with one attached hydrogen (secondary N) is 2. The summed E-state index contributed by atoms with van der Waals surface area (Å²) < 4.78 is 1.14. The lowest BCUT2D eigenvalue weighted by atomic mass is 9.77. The third-order valence-corrected chi connectivity index (χ3v) is 7.83. The van der Waals surface area contributed by atoms with Gasteiger partial charge in [0.2, 0.25) is 5.91 Å². The minimum Gasteiger partial charge on any atom is -0.395 e. The van der Waals surface area contributed by atoms with Gasteiger partial charge in [0.05, 0.1) is 18.0 Å². The Balaban J connectivity index is 1.36. The maximum Gasteiger partial charge on any atom is 0.261 e. The van der Waals surface area contributed by atoms with Crippen LogP contribution in [0.2, 0.25) is 0 Å². The van der Waals surface area contributed by atoms with Crippen LogP contribution in [0.5, 0.6) is 0 Å². The lowest BCUT2D eigenvalue weighted by Crippen LogP contribution is -2.38. The van der Waals surface area contributed by atoms with E-state index in [1.54, 1.807) is 11.3 Å². The van der Waals surface area contributed by atoms with Crippen molar-refractivity contribution in [1.29, 1.82) is 0 Å². The van der Waals surface area contributed by atoms with Gasteiger partial charge in [0.25, 0.3) is 5.91 Å². The summed E-state index contributed by atoms with van der Waals surface area (Å²) in [6, 6.07) is 8.25. The fourth-order valence-electron chi connectivity index (χ4n) is 5.00. The van der Waals surface area contributed by atoms with Crippen LogP contribution in [-0.2, 0) is 4.79 Å². The number of thiophene rings is 1. The largest absolute Gasteiger partial charge is 0.395 e. The second-order valence-electron chi connectivity index (χ2n) is 8.83. The van der Waals surface area contributed by atoms with Crippen molar-refractivity contribution in [3.8, 4) is 0 Å². The molecule has 2 heterocycles. The minimum atomic E-state index is -0.0819. The lowest BCUT2D eigenvalue weighted by Gasteiger charge is -2.29.